The summed E-state index contributed by atoms with van der Waals surface area (Å²) in [6, 6.07) is 6.87. The van der Waals surface area contributed by atoms with Gasteiger partial charge in [-0.2, -0.15) is 0 Å². The third kappa shape index (κ3) is 6.28. The second-order valence-electron chi connectivity index (χ2n) is 7.14. The molecule has 0 aliphatic carbocycles. The van der Waals surface area contributed by atoms with E-state index in [1.54, 1.807) is 24.3 Å². The van der Waals surface area contributed by atoms with Gasteiger partial charge in [-0.15, -0.1) is 0 Å². The van der Waals surface area contributed by atoms with Crippen molar-refractivity contribution in [1.82, 2.24) is 9.62 Å². The Balaban J connectivity index is 2.01. The minimum absolute atomic E-state index is 0.262. The van der Waals surface area contributed by atoms with Gasteiger partial charge in [0.1, 0.15) is 5.75 Å². The lowest BCUT2D eigenvalue weighted by Gasteiger charge is -2.35. The maximum absolute atomic E-state index is 12.6. The van der Waals surface area contributed by atoms with Crippen molar-refractivity contribution in [1.29, 1.82) is 0 Å². The first-order chi connectivity index (χ1) is 11.9. The van der Waals surface area contributed by atoms with Gasteiger partial charge in [0.05, 0.1) is 11.5 Å². The molecule has 25 heavy (non-hydrogen) atoms. The average Bonchev–Trinajstić information content (AvgIpc) is 2.60. The summed E-state index contributed by atoms with van der Waals surface area (Å²) >= 11 is 0. The van der Waals surface area contributed by atoms with Crippen LogP contribution in [-0.4, -0.2) is 45.6 Å². The number of benzene rings is 1. The van der Waals surface area contributed by atoms with E-state index in [0.717, 1.165) is 19.5 Å². The Hall–Kier alpha value is -1.11. The number of rotatable bonds is 9. The fraction of sp³-hybridized carbons (Fsp3) is 0.684. The van der Waals surface area contributed by atoms with E-state index in [0.29, 0.717) is 24.8 Å². The molecule has 1 unspecified atom stereocenters. The van der Waals surface area contributed by atoms with E-state index >= 15 is 0 Å². The van der Waals surface area contributed by atoms with Gasteiger partial charge in [0.2, 0.25) is 10.0 Å². The van der Waals surface area contributed by atoms with Crippen molar-refractivity contribution in [2.45, 2.75) is 57.4 Å². The minimum atomic E-state index is -3.49. The van der Waals surface area contributed by atoms with Crippen LogP contribution in [0.5, 0.6) is 5.75 Å². The van der Waals surface area contributed by atoms with E-state index in [1.165, 1.54) is 19.3 Å². The highest BCUT2D eigenvalue weighted by molar-refractivity contribution is 7.89. The number of sulfonamides is 1. The molecule has 1 aromatic rings. The van der Waals surface area contributed by atoms with Crippen molar-refractivity contribution in [2.75, 3.05) is 26.2 Å². The quantitative estimate of drug-likeness (QED) is 0.727. The predicted molar refractivity (Wildman–Crippen MR) is 101 cm³/mol. The smallest absolute Gasteiger partial charge is 0.240 e. The van der Waals surface area contributed by atoms with Crippen molar-refractivity contribution in [3.05, 3.63) is 24.3 Å². The molecule has 0 spiro atoms. The van der Waals surface area contributed by atoms with Crippen molar-refractivity contribution >= 4 is 10.0 Å². The first-order valence-corrected chi connectivity index (χ1v) is 10.9. The Labute approximate surface area is 152 Å². The normalized spacial score (nSPS) is 17.6. The molecule has 1 atom stereocenters. The van der Waals surface area contributed by atoms with Gasteiger partial charge in [-0.3, -0.25) is 4.90 Å². The van der Waals surface area contributed by atoms with Crippen molar-refractivity contribution in [3.63, 3.8) is 0 Å². The summed E-state index contributed by atoms with van der Waals surface area (Å²) in [6.07, 6.45) is 4.70. The van der Waals surface area contributed by atoms with Crippen molar-refractivity contribution in [3.8, 4) is 5.75 Å². The molecule has 1 aliphatic heterocycles. The number of hydrogen-bond acceptors (Lipinski definition) is 4. The topological polar surface area (TPSA) is 58.6 Å². The lowest BCUT2D eigenvalue weighted by atomic mass is 10.00. The Bertz CT molecular complexity index is 608. The number of likely N-dealkylation sites (tertiary alicyclic amines) is 1. The Morgan fingerprint density at radius 3 is 2.32 bits per heavy atom. The highest BCUT2D eigenvalue weighted by Crippen LogP contribution is 2.19. The molecule has 1 heterocycles. The molecule has 5 nitrogen and oxygen atoms in total. The van der Waals surface area contributed by atoms with Crippen LogP contribution in [0.25, 0.3) is 0 Å². The summed E-state index contributed by atoms with van der Waals surface area (Å²) in [5, 5.41) is 0. The third-order valence-corrected chi connectivity index (χ3v) is 6.04. The number of hydrogen-bond donors (Lipinski definition) is 1. The molecule has 142 valence electrons. The van der Waals surface area contributed by atoms with Gasteiger partial charge in [0, 0.05) is 12.6 Å². The Morgan fingerprint density at radius 1 is 1.12 bits per heavy atom. The summed E-state index contributed by atoms with van der Waals surface area (Å²) in [5.74, 6) is 1.23. The van der Waals surface area contributed by atoms with E-state index in [9.17, 15) is 8.42 Å². The molecule has 2 rings (SSSR count). The number of piperidine rings is 1. The molecule has 6 heteroatoms. The molecule has 1 fully saturated rings. The summed E-state index contributed by atoms with van der Waals surface area (Å²) in [5.41, 5.74) is 0. The first-order valence-electron chi connectivity index (χ1n) is 9.39. The van der Waals surface area contributed by atoms with Gasteiger partial charge >= 0.3 is 0 Å². The molecule has 0 bridgehead atoms. The molecule has 0 radical (unpaired) electrons. The largest absolute Gasteiger partial charge is 0.494 e. The third-order valence-electron chi connectivity index (χ3n) is 4.60. The number of ether oxygens (including phenoxy) is 1. The molecule has 1 aromatic carbocycles. The standard InChI is InChI=1S/C19H32N2O3S/c1-4-24-18-8-10-19(11-9-18)25(22,23)20-15-17(14-16(2)3)21-12-6-5-7-13-21/h8-11,16-17,20H,4-7,12-15H2,1-3H3. The van der Waals surface area contributed by atoms with E-state index < -0.39 is 10.0 Å². The summed E-state index contributed by atoms with van der Waals surface area (Å²) in [4.78, 5) is 2.74. The molecular formula is C19H32N2O3S. The predicted octanol–water partition coefficient (Wildman–Crippen LogP) is 3.26. The van der Waals surface area contributed by atoms with Crippen LogP contribution >= 0.6 is 0 Å². The number of nitrogens with one attached hydrogen (secondary N) is 1. The van der Waals surface area contributed by atoms with Crippen LogP contribution < -0.4 is 9.46 Å². The van der Waals surface area contributed by atoms with E-state index in [4.69, 9.17) is 4.74 Å². The van der Waals surface area contributed by atoms with Crippen LogP contribution in [0.15, 0.2) is 29.2 Å². The van der Waals surface area contributed by atoms with Crippen LogP contribution in [-0.2, 0) is 10.0 Å². The zero-order valence-electron chi connectivity index (χ0n) is 15.7. The van der Waals surface area contributed by atoms with Gasteiger partial charge < -0.3 is 4.74 Å². The van der Waals surface area contributed by atoms with Crippen LogP contribution in [0.4, 0.5) is 0 Å². The zero-order valence-corrected chi connectivity index (χ0v) is 16.5. The van der Waals surface area contributed by atoms with Gasteiger partial charge in [0.25, 0.3) is 0 Å². The lowest BCUT2D eigenvalue weighted by molar-refractivity contribution is 0.146. The monoisotopic (exact) mass is 368 g/mol. The first kappa shape index (κ1) is 20.2. The lowest BCUT2D eigenvalue weighted by Crippen LogP contribution is -2.46. The fourth-order valence-corrected chi connectivity index (χ4v) is 4.43. The van der Waals surface area contributed by atoms with Crippen LogP contribution in [0.3, 0.4) is 0 Å². The minimum Gasteiger partial charge on any atom is -0.494 e. The molecule has 1 saturated heterocycles. The molecule has 0 amide bonds. The zero-order chi connectivity index (χ0) is 18.3. The summed E-state index contributed by atoms with van der Waals surface area (Å²) < 4.78 is 33.4. The average molecular weight is 369 g/mol. The maximum atomic E-state index is 12.6. The Kier molecular flexibility index (Phi) is 7.72. The van der Waals surface area contributed by atoms with E-state index in [-0.39, 0.29) is 10.9 Å². The van der Waals surface area contributed by atoms with Crippen LogP contribution in [0, 0.1) is 5.92 Å². The molecule has 1 N–H and O–H groups in total. The second kappa shape index (κ2) is 9.55. The number of nitrogens with zero attached hydrogens (tertiary/aromatic N) is 1. The van der Waals surface area contributed by atoms with Gasteiger partial charge in [-0.25, -0.2) is 13.1 Å². The highest BCUT2D eigenvalue weighted by Gasteiger charge is 2.24. The van der Waals surface area contributed by atoms with Gasteiger partial charge in [0.15, 0.2) is 0 Å². The fourth-order valence-electron chi connectivity index (χ4n) is 3.36. The highest BCUT2D eigenvalue weighted by atomic mass is 32.2. The maximum Gasteiger partial charge on any atom is 0.240 e. The molecule has 1 aliphatic rings. The van der Waals surface area contributed by atoms with Crippen LogP contribution in [0.1, 0.15) is 46.5 Å². The SMILES string of the molecule is CCOc1ccc(S(=O)(=O)NCC(CC(C)C)N2CCCCC2)cc1. The van der Waals surface area contributed by atoms with Crippen molar-refractivity contribution in [2.24, 2.45) is 5.92 Å². The Morgan fingerprint density at radius 2 is 1.76 bits per heavy atom. The van der Waals surface area contributed by atoms with Crippen LogP contribution in [0.2, 0.25) is 0 Å². The summed E-state index contributed by atoms with van der Waals surface area (Å²) in [6.45, 7) is 9.46. The van der Waals surface area contributed by atoms with E-state index in [2.05, 4.69) is 23.5 Å². The van der Waals surface area contributed by atoms with Crippen molar-refractivity contribution < 1.29 is 13.2 Å². The molecule has 0 aromatic heterocycles. The molecule has 0 saturated carbocycles. The molecular weight excluding hydrogens is 336 g/mol. The summed E-state index contributed by atoms with van der Waals surface area (Å²) in [7, 11) is -3.49. The van der Waals surface area contributed by atoms with Gasteiger partial charge in [-0.1, -0.05) is 20.3 Å². The van der Waals surface area contributed by atoms with E-state index in [1.807, 2.05) is 6.92 Å². The second-order valence-corrected chi connectivity index (χ2v) is 8.90. The van der Waals surface area contributed by atoms with Gasteiger partial charge in [-0.05, 0) is 69.5 Å².